The normalized spacial score (nSPS) is 11.6. The maximum atomic E-state index is 12.4. The lowest BCUT2D eigenvalue weighted by Gasteiger charge is -2.12. The van der Waals surface area contributed by atoms with Crippen LogP contribution < -0.4 is 20.2 Å². The van der Waals surface area contributed by atoms with E-state index in [9.17, 15) is 9.59 Å². The Bertz CT molecular complexity index is 1180. The van der Waals surface area contributed by atoms with Gasteiger partial charge in [-0.3, -0.25) is 9.59 Å². The Kier molecular flexibility index (Phi) is 8.90. The van der Waals surface area contributed by atoms with Crippen LogP contribution in [0, 0.1) is 5.92 Å². The van der Waals surface area contributed by atoms with Crippen molar-refractivity contribution in [3.8, 4) is 11.5 Å². The van der Waals surface area contributed by atoms with Crippen molar-refractivity contribution >= 4 is 46.9 Å². The number of nitrogens with zero attached hydrogens (tertiary/aromatic N) is 1. The third-order valence-electron chi connectivity index (χ3n) is 4.84. The summed E-state index contributed by atoms with van der Waals surface area (Å²) < 4.78 is 10.9. The smallest absolute Gasteiger partial charge is 0.252 e. The third kappa shape index (κ3) is 6.97. The van der Waals surface area contributed by atoms with Crippen LogP contribution in [0.15, 0.2) is 71.8 Å². The molecule has 0 aliphatic rings. The van der Waals surface area contributed by atoms with Gasteiger partial charge in [-0.05, 0) is 55.5 Å². The summed E-state index contributed by atoms with van der Waals surface area (Å²) in [5.74, 6) is -0.747. The Morgan fingerprint density at radius 3 is 2.47 bits per heavy atom. The second kappa shape index (κ2) is 12.1. The monoisotopic (exact) mass is 499 g/mol. The molecule has 34 heavy (non-hydrogen) atoms. The Hall–Kier alpha value is -3.55. The van der Waals surface area contributed by atoms with Crippen molar-refractivity contribution in [2.75, 3.05) is 12.4 Å². The van der Waals surface area contributed by atoms with E-state index in [-0.39, 0.29) is 6.61 Å². The fraction of sp³-hybridized carbons (Fsp3) is 0.160. The number of carbonyl (C=O) groups excluding carboxylic acids is 2. The first-order chi connectivity index (χ1) is 16.4. The molecule has 0 radical (unpaired) electrons. The Morgan fingerprint density at radius 2 is 1.76 bits per heavy atom. The van der Waals surface area contributed by atoms with Crippen LogP contribution in [0.1, 0.15) is 18.1 Å². The summed E-state index contributed by atoms with van der Waals surface area (Å²) in [6, 6.07) is 19.2. The van der Waals surface area contributed by atoms with E-state index in [0.717, 1.165) is 5.56 Å². The number of hydrazone groups is 1. The summed E-state index contributed by atoms with van der Waals surface area (Å²) in [6.45, 7) is 1.73. The lowest BCUT2D eigenvalue weighted by molar-refractivity contribution is -0.131. The van der Waals surface area contributed by atoms with Crippen LogP contribution in [-0.4, -0.2) is 25.1 Å². The zero-order valence-electron chi connectivity index (χ0n) is 18.5. The van der Waals surface area contributed by atoms with Crippen molar-refractivity contribution in [2.45, 2.75) is 13.5 Å². The number of hydrogen-bond acceptors (Lipinski definition) is 5. The molecule has 3 aromatic rings. The molecule has 176 valence electrons. The van der Waals surface area contributed by atoms with Gasteiger partial charge in [0.2, 0.25) is 5.91 Å². The number of benzene rings is 3. The van der Waals surface area contributed by atoms with Crippen LogP contribution in [0.5, 0.6) is 11.5 Å². The van der Waals surface area contributed by atoms with E-state index < -0.39 is 17.7 Å². The summed E-state index contributed by atoms with van der Waals surface area (Å²) in [7, 11) is 1.56. The molecule has 2 amide bonds. The van der Waals surface area contributed by atoms with E-state index in [1.165, 1.54) is 13.1 Å². The van der Waals surface area contributed by atoms with Gasteiger partial charge >= 0.3 is 0 Å². The molecule has 7 nitrogen and oxygen atoms in total. The molecule has 0 heterocycles. The lowest BCUT2D eigenvalue weighted by Crippen LogP contribution is -2.34. The Balaban J connectivity index is 1.56. The minimum atomic E-state index is -0.960. The average molecular weight is 500 g/mol. The molecule has 0 fully saturated rings. The summed E-state index contributed by atoms with van der Waals surface area (Å²) in [5, 5.41) is 7.71. The first-order valence-corrected chi connectivity index (χ1v) is 11.1. The van der Waals surface area contributed by atoms with Crippen molar-refractivity contribution in [1.82, 2.24) is 5.43 Å². The maximum absolute atomic E-state index is 12.4. The van der Waals surface area contributed by atoms with Gasteiger partial charge in [0, 0.05) is 26.9 Å². The molecular formula is C25H23Cl2N3O4. The van der Waals surface area contributed by atoms with Crippen molar-refractivity contribution in [1.29, 1.82) is 0 Å². The number of halogens is 2. The molecule has 9 heteroatoms. The molecule has 1 unspecified atom stereocenters. The Morgan fingerprint density at radius 1 is 1.03 bits per heavy atom. The number of rotatable bonds is 9. The fourth-order valence-corrected chi connectivity index (χ4v) is 3.28. The van der Waals surface area contributed by atoms with Gasteiger partial charge in [0.1, 0.15) is 24.0 Å². The molecular weight excluding hydrogens is 477 g/mol. The number of nitrogens with one attached hydrogen (secondary N) is 2. The largest absolute Gasteiger partial charge is 0.497 e. The van der Waals surface area contributed by atoms with Crippen molar-refractivity contribution in [3.05, 3.63) is 87.9 Å². The van der Waals surface area contributed by atoms with Crippen molar-refractivity contribution in [3.63, 3.8) is 0 Å². The van der Waals surface area contributed by atoms with Gasteiger partial charge in [0.15, 0.2) is 0 Å². The minimum absolute atomic E-state index is 0.232. The van der Waals surface area contributed by atoms with Crippen LogP contribution in [-0.2, 0) is 16.2 Å². The predicted molar refractivity (Wildman–Crippen MR) is 134 cm³/mol. The van der Waals surface area contributed by atoms with Gasteiger partial charge in [0.25, 0.3) is 5.91 Å². The molecule has 3 rings (SSSR count). The zero-order valence-corrected chi connectivity index (χ0v) is 20.1. The van der Waals surface area contributed by atoms with Crippen molar-refractivity contribution in [2.24, 2.45) is 11.0 Å². The van der Waals surface area contributed by atoms with Crippen LogP contribution in [0.25, 0.3) is 0 Å². The van der Waals surface area contributed by atoms with Crippen LogP contribution in [0.4, 0.5) is 5.69 Å². The van der Waals surface area contributed by atoms with Gasteiger partial charge in [0.05, 0.1) is 13.3 Å². The van der Waals surface area contributed by atoms with Crippen molar-refractivity contribution < 1.29 is 19.1 Å². The Labute approximate surface area is 207 Å². The maximum Gasteiger partial charge on any atom is 0.252 e. The summed E-state index contributed by atoms with van der Waals surface area (Å²) in [6.07, 6.45) is 1.45. The molecule has 1 atom stereocenters. The molecule has 0 aliphatic heterocycles. The number of ether oxygens (including phenoxy) is 2. The number of hydrogen-bond donors (Lipinski definition) is 2. The minimum Gasteiger partial charge on any atom is -0.497 e. The lowest BCUT2D eigenvalue weighted by atomic mass is 10.1. The van der Waals surface area contributed by atoms with Gasteiger partial charge in [-0.15, -0.1) is 0 Å². The molecule has 0 spiro atoms. The number of carbonyl (C=O) groups is 2. The highest BCUT2D eigenvalue weighted by Crippen LogP contribution is 2.24. The predicted octanol–water partition coefficient (Wildman–Crippen LogP) is 5.31. The summed E-state index contributed by atoms with van der Waals surface area (Å²) in [5.41, 5.74) is 4.37. The summed E-state index contributed by atoms with van der Waals surface area (Å²) in [4.78, 5) is 24.7. The molecule has 0 aromatic heterocycles. The van der Waals surface area contributed by atoms with Gasteiger partial charge in [-0.1, -0.05) is 41.4 Å². The second-order valence-electron chi connectivity index (χ2n) is 7.24. The highest BCUT2D eigenvalue weighted by molar-refractivity contribution is 6.35. The second-order valence-corrected chi connectivity index (χ2v) is 8.08. The van der Waals surface area contributed by atoms with Gasteiger partial charge in [-0.2, -0.15) is 5.10 Å². The molecule has 0 saturated carbocycles. The number of anilines is 1. The third-order valence-corrected chi connectivity index (χ3v) is 5.43. The number of para-hydroxylation sites is 1. The van der Waals surface area contributed by atoms with E-state index in [0.29, 0.717) is 32.8 Å². The molecule has 0 bridgehead atoms. The summed E-state index contributed by atoms with van der Waals surface area (Å²) >= 11 is 12.1. The van der Waals surface area contributed by atoms with E-state index >= 15 is 0 Å². The van der Waals surface area contributed by atoms with E-state index in [4.69, 9.17) is 32.7 Å². The van der Waals surface area contributed by atoms with Crippen LogP contribution >= 0.6 is 23.2 Å². The first-order valence-electron chi connectivity index (χ1n) is 10.3. The fourth-order valence-electron chi connectivity index (χ4n) is 2.82. The molecule has 0 saturated heterocycles. The number of amides is 2. The quantitative estimate of drug-likeness (QED) is 0.237. The highest BCUT2D eigenvalue weighted by Gasteiger charge is 2.21. The van der Waals surface area contributed by atoms with Crippen LogP contribution in [0.2, 0.25) is 10.0 Å². The van der Waals surface area contributed by atoms with E-state index in [1.54, 1.807) is 61.7 Å². The highest BCUT2D eigenvalue weighted by atomic mass is 35.5. The average Bonchev–Trinajstić information content (AvgIpc) is 2.84. The standard InChI is InChI=1S/C25H23Cl2N3O4/c1-16(24(31)29-20-9-11-21(33-2)12-10-20)25(32)30-28-14-17-5-3-4-6-23(17)34-15-18-7-8-19(26)13-22(18)27/h3-14,16H,15H2,1-2H3,(H,29,31)(H,30,32). The molecule has 0 aliphatic carbocycles. The van der Waals surface area contributed by atoms with Gasteiger partial charge < -0.3 is 14.8 Å². The first kappa shape index (κ1) is 25.1. The van der Waals surface area contributed by atoms with E-state index in [2.05, 4.69) is 15.8 Å². The zero-order chi connectivity index (χ0) is 24.5. The molecule has 2 N–H and O–H groups in total. The topological polar surface area (TPSA) is 89.0 Å². The SMILES string of the molecule is COc1ccc(NC(=O)C(C)C(=O)NN=Cc2ccccc2OCc2ccc(Cl)cc2Cl)cc1. The van der Waals surface area contributed by atoms with Crippen LogP contribution in [0.3, 0.4) is 0 Å². The van der Waals surface area contributed by atoms with E-state index in [1.807, 2.05) is 12.1 Å². The number of methoxy groups -OCH3 is 1. The van der Waals surface area contributed by atoms with Gasteiger partial charge in [-0.25, -0.2) is 5.43 Å². The molecule has 3 aromatic carbocycles.